The molecule has 0 fully saturated rings. The normalized spacial score (nSPS) is 12.5. The summed E-state index contributed by atoms with van der Waals surface area (Å²) in [5.41, 5.74) is 2.44. The van der Waals surface area contributed by atoms with Gasteiger partial charge < -0.3 is 4.90 Å². The van der Waals surface area contributed by atoms with E-state index in [1.807, 2.05) is 43.3 Å². The molecule has 0 amide bonds. The van der Waals surface area contributed by atoms with Crippen molar-refractivity contribution in [2.75, 3.05) is 19.0 Å². The standard InChI is InChI=1S/C18H23N3O2S/c1-18(2,3)24(22,23)17-12-8-15(9-13-17)20-19-14-6-10-16(11-7-14)21(4)5/h6-13H,1-5H3. The summed E-state index contributed by atoms with van der Waals surface area (Å²) in [6.45, 7) is 5.06. The number of benzene rings is 2. The van der Waals surface area contributed by atoms with Gasteiger partial charge in [0.15, 0.2) is 9.84 Å². The average molecular weight is 345 g/mol. The molecule has 0 heterocycles. The zero-order valence-electron chi connectivity index (χ0n) is 14.7. The van der Waals surface area contributed by atoms with Gasteiger partial charge in [0.2, 0.25) is 0 Å². The topological polar surface area (TPSA) is 62.1 Å². The quantitative estimate of drug-likeness (QED) is 0.752. The molecule has 24 heavy (non-hydrogen) atoms. The molecule has 0 atom stereocenters. The van der Waals surface area contributed by atoms with Gasteiger partial charge in [-0.2, -0.15) is 10.2 Å². The van der Waals surface area contributed by atoms with E-state index >= 15 is 0 Å². The summed E-state index contributed by atoms with van der Waals surface area (Å²) in [4.78, 5) is 2.30. The Morgan fingerprint density at radius 2 is 1.21 bits per heavy atom. The zero-order chi connectivity index (χ0) is 18.0. The van der Waals surface area contributed by atoms with Crippen LogP contribution in [0.2, 0.25) is 0 Å². The molecule has 2 aromatic carbocycles. The highest BCUT2D eigenvalue weighted by molar-refractivity contribution is 7.92. The lowest BCUT2D eigenvalue weighted by Gasteiger charge is -2.19. The van der Waals surface area contributed by atoms with Crippen LogP contribution >= 0.6 is 0 Å². The lowest BCUT2D eigenvalue weighted by atomic mass is 10.3. The van der Waals surface area contributed by atoms with Gasteiger partial charge in [-0.05, 0) is 69.3 Å². The third-order valence-electron chi connectivity index (χ3n) is 3.60. The minimum Gasteiger partial charge on any atom is -0.378 e. The van der Waals surface area contributed by atoms with Crippen molar-refractivity contribution in [1.29, 1.82) is 0 Å². The molecule has 2 rings (SSSR count). The van der Waals surface area contributed by atoms with E-state index in [-0.39, 0.29) is 0 Å². The van der Waals surface area contributed by atoms with Gasteiger partial charge in [-0.25, -0.2) is 8.42 Å². The van der Waals surface area contributed by atoms with Crippen LogP contribution in [0.4, 0.5) is 17.1 Å². The molecular weight excluding hydrogens is 322 g/mol. The Morgan fingerprint density at radius 3 is 1.58 bits per heavy atom. The highest BCUT2D eigenvalue weighted by Gasteiger charge is 2.30. The van der Waals surface area contributed by atoms with E-state index in [0.29, 0.717) is 10.6 Å². The summed E-state index contributed by atoms with van der Waals surface area (Å²) in [5.74, 6) is 0. The molecule has 0 radical (unpaired) electrons. The van der Waals surface area contributed by atoms with Gasteiger partial charge >= 0.3 is 0 Å². The van der Waals surface area contributed by atoms with Crippen LogP contribution in [0.25, 0.3) is 0 Å². The van der Waals surface area contributed by atoms with Crippen molar-refractivity contribution >= 4 is 26.9 Å². The van der Waals surface area contributed by atoms with Crippen LogP contribution in [-0.4, -0.2) is 27.3 Å². The van der Waals surface area contributed by atoms with Crippen molar-refractivity contribution in [3.8, 4) is 0 Å². The largest absolute Gasteiger partial charge is 0.378 e. The molecule has 0 aliphatic carbocycles. The molecule has 2 aromatic rings. The summed E-state index contributed by atoms with van der Waals surface area (Å²) >= 11 is 0. The third kappa shape index (κ3) is 4.00. The average Bonchev–Trinajstić information content (AvgIpc) is 2.52. The fourth-order valence-corrected chi connectivity index (χ4v) is 3.18. The van der Waals surface area contributed by atoms with Crippen LogP contribution in [-0.2, 0) is 9.84 Å². The Balaban J connectivity index is 2.17. The smallest absolute Gasteiger partial charge is 0.183 e. The van der Waals surface area contributed by atoms with Gasteiger partial charge in [0.05, 0.1) is 21.0 Å². The van der Waals surface area contributed by atoms with Crippen LogP contribution in [0, 0.1) is 0 Å². The molecule has 0 aliphatic heterocycles. The Kier molecular flexibility index (Phi) is 5.08. The predicted molar refractivity (Wildman–Crippen MR) is 98.3 cm³/mol. The number of sulfone groups is 1. The summed E-state index contributed by atoms with van der Waals surface area (Å²) in [6, 6.07) is 14.2. The third-order valence-corrected chi connectivity index (χ3v) is 6.11. The summed E-state index contributed by atoms with van der Waals surface area (Å²) in [5, 5.41) is 8.33. The first-order valence-corrected chi connectivity index (χ1v) is 9.13. The van der Waals surface area contributed by atoms with Crippen molar-refractivity contribution in [3.05, 3.63) is 48.5 Å². The Labute approximate surface area is 144 Å². The molecule has 0 aromatic heterocycles. The molecular formula is C18H23N3O2S. The van der Waals surface area contributed by atoms with Crippen molar-refractivity contribution in [3.63, 3.8) is 0 Å². The lowest BCUT2D eigenvalue weighted by molar-refractivity contribution is 0.560. The first-order chi connectivity index (χ1) is 11.1. The van der Waals surface area contributed by atoms with E-state index in [1.54, 1.807) is 45.0 Å². The molecule has 6 heteroatoms. The highest BCUT2D eigenvalue weighted by atomic mass is 32.2. The van der Waals surface area contributed by atoms with Gasteiger partial charge in [0, 0.05) is 19.8 Å². The summed E-state index contributed by atoms with van der Waals surface area (Å²) in [7, 11) is 0.602. The molecule has 128 valence electrons. The van der Waals surface area contributed by atoms with Crippen LogP contribution in [0.5, 0.6) is 0 Å². The second-order valence-electron chi connectivity index (χ2n) is 6.72. The Hall–Kier alpha value is -2.21. The number of hydrogen-bond donors (Lipinski definition) is 0. The van der Waals surface area contributed by atoms with Gasteiger partial charge in [-0.1, -0.05) is 0 Å². The minimum absolute atomic E-state index is 0.296. The first kappa shape index (κ1) is 18.1. The molecule has 0 saturated carbocycles. The van der Waals surface area contributed by atoms with Gasteiger partial charge in [-0.3, -0.25) is 0 Å². The van der Waals surface area contributed by atoms with E-state index in [2.05, 4.69) is 10.2 Å². The van der Waals surface area contributed by atoms with Crippen LogP contribution in [0.15, 0.2) is 63.7 Å². The van der Waals surface area contributed by atoms with Crippen LogP contribution in [0.1, 0.15) is 20.8 Å². The second-order valence-corrected chi connectivity index (χ2v) is 9.42. The summed E-state index contributed by atoms with van der Waals surface area (Å²) < 4.78 is 23.9. The van der Waals surface area contributed by atoms with Crippen molar-refractivity contribution in [2.45, 2.75) is 30.4 Å². The van der Waals surface area contributed by atoms with E-state index in [9.17, 15) is 8.42 Å². The SMILES string of the molecule is CN(C)c1ccc(N=Nc2ccc(S(=O)(=O)C(C)(C)C)cc2)cc1. The van der Waals surface area contributed by atoms with E-state index < -0.39 is 14.6 Å². The molecule has 0 saturated heterocycles. The van der Waals surface area contributed by atoms with Crippen molar-refractivity contribution in [2.24, 2.45) is 10.2 Å². The molecule has 0 N–H and O–H groups in total. The molecule has 0 spiro atoms. The zero-order valence-corrected chi connectivity index (χ0v) is 15.5. The maximum Gasteiger partial charge on any atom is 0.183 e. The predicted octanol–water partition coefficient (Wildman–Crippen LogP) is 4.74. The number of nitrogens with zero attached hydrogens (tertiary/aromatic N) is 3. The van der Waals surface area contributed by atoms with E-state index in [4.69, 9.17) is 0 Å². The molecule has 0 unspecified atom stereocenters. The molecule has 0 bridgehead atoms. The monoisotopic (exact) mass is 345 g/mol. The van der Waals surface area contributed by atoms with Crippen molar-refractivity contribution in [1.82, 2.24) is 0 Å². The van der Waals surface area contributed by atoms with Crippen LogP contribution < -0.4 is 4.90 Å². The number of hydrogen-bond acceptors (Lipinski definition) is 5. The van der Waals surface area contributed by atoms with Crippen molar-refractivity contribution < 1.29 is 8.42 Å². The van der Waals surface area contributed by atoms with Gasteiger partial charge in [0.1, 0.15) is 0 Å². The second kappa shape index (κ2) is 6.73. The molecule has 5 nitrogen and oxygen atoms in total. The number of rotatable bonds is 4. The highest BCUT2D eigenvalue weighted by Crippen LogP contribution is 2.27. The maximum atomic E-state index is 12.4. The van der Waals surface area contributed by atoms with Crippen LogP contribution in [0.3, 0.4) is 0 Å². The Bertz CT molecular complexity index is 816. The Morgan fingerprint density at radius 1 is 0.792 bits per heavy atom. The molecule has 0 aliphatic rings. The fourth-order valence-electron chi connectivity index (χ4n) is 1.98. The number of azo groups is 1. The fraction of sp³-hybridized carbons (Fsp3) is 0.333. The summed E-state index contributed by atoms with van der Waals surface area (Å²) in [6.07, 6.45) is 0. The maximum absolute atomic E-state index is 12.4. The lowest BCUT2D eigenvalue weighted by Crippen LogP contribution is -2.27. The van der Waals surface area contributed by atoms with E-state index in [0.717, 1.165) is 11.4 Å². The van der Waals surface area contributed by atoms with Gasteiger partial charge in [0.25, 0.3) is 0 Å². The van der Waals surface area contributed by atoms with Gasteiger partial charge in [-0.15, -0.1) is 0 Å². The van der Waals surface area contributed by atoms with E-state index in [1.165, 1.54) is 0 Å². The number of anilines is 1. The minimum atomic E-state index is -3.35. The first-order valence-electron chi connectivity index (χ1n) is 7.65.